The van der Waals surface area contributed by atoms with E-state index in [4.69, 9.17) is 4.74 Å². The third-order valence-electron chi connectivity index (χ3n) is 3.41. The molecule has 0 amide bonds. The normalized spacial score (nSPS) is 23.8. The molecule has 1 N–H and O–H groups in total. The van der Waals surface area contributed by atoms with Crippen molar-refractivity contribution in [1.29, 1.82) is 0 Å². The Morgan fingerprint density at radius 3 is 2.71 bits per heavy atom. The SMILES string of the molecule is CSCCCCCCNC1CCOC(C)(C)C1. The van der Waals surface area contributed by atoms with Crippen LogP contribution in [0.5, 0.6) is 0 Å². The largest absolute Gasteiger partial charge is 0.375 e. The van der Waals surface area contributed by atoms with Crippen molar-refractivity contribution >= 4 is 11.8 Å². The molecule has 1 saturated heterocycles. The molecule has 3 heteroatoms. The monoisotopic (exact) mass is 259 g/mol. The Hall–Kier alpha value is 0.270. The van der Waals surface area contributed by atoms with Crippen molar-refractivity contribution in [2.45, 2.75) is 64.0 Å². The molecule has 0 aliphatic carbocycles. The second-order valence-corrected chi connectivity index (χ2v) is 6.64. The zero-order valence-electron chi connectivity index (χ0n) is 11.8. The molecule has 1 aliphatic rings. The summed E-state index contributed by atoms with van der Waals surface area (Å²) >= 11 is 1.96. The van der Waals surface area contributed by atoms with Crippen molar-refractivity contribution in [3.05, 3.63) is 0 Å². The van der Waals surface area contributed by atoms with Crippen molar-refractivity contribution in [3.63, 3.8) is 0 Å². The predicted molar refractivity (Wildman–Crippen MR) is 77.9 cm³/mol. The van der Waals surface area contributed by atoms with Gasteiger partial charge in [-0.1, -0.05) is 12.8 Å². The smallest absolute Gasteiger partial charge is 0.0641 e. The minimum atomic E-state index is 0.0776. The van der Waals surface area contributed by atoms with Gasteiger partial charge in [-0.05, 0) is 58.1 Å². The second-order valence-electron chi connectivity index (χ2n) is 5.66. The summed E-state index contributed by atoms with van der Waals surface area (Å²) in [6.07, 6.45) is 9.99. The van der Waals surface area contributed by atoms with Crippen LogP contribution in [0.15, 0.2) is 0 Å². The summed E-state index contributed by atoms with van der Waals surface area (Å²) in [4.78, 5) is 0. The molecule has 1 heterocycles. The first-order valence-corrected chi connectivity index (χ1v) is 8.40. The van der Waals surface area contributed by atoms with Gasteiger partial charge >= 0.3 is 0 Å². The van der Waals surface area contributed by atoms with Gasteiger partial charge in [0.15, 0.2) is 0 Å². The van der Waals surface area contributed by atoms with Crippen LogP contribution in [0.1, 0.15) is 52.4 Å². The minimum Gasteiger partial charge on any atom is -0.375 e. The average molecular weight is 259 g/mol. The third-order valence-corrected chi connectivity index (χ3v) is 4.10. The first-order chi connectivity index (χ1) is 8.14. The van der Waals surface area contributed by atoms with E-state index in [-0.39, 0.29) is 5.60 Å². The first-order valence-electron chi connectivity index (χ1n) is 7.00. The van der Waals surface area contributed by atoms with E-state index in [0.717, 1.165) is 13.0 Å². The molecule has 102 valence electrons. The highest BCUT2D eigenvalue weighted by Gasteiger charge is 2.28. The van der Waals surface area contributed by atoms with E-state index in [0.29, 0.717) is 6.04 Å². The summed E-state index contributed by atoms with van der Waals surface area (Å²) in [6.45, 7) is 6.49. The number of ether oxygens (including phenoxy) is 1. The van der Waals surface area contributed by atoms with Crippen LogP contribution in [-0.4, -0.2) is 36.8 Å². The molecule has 0 aromatic heterocycles. The fourth-order valence-corrected chi connectivity index (χ4v) is 2.93. The molecule has 17 heavy (non-hydrogen) atoms. The van der Waals surface area contributed by atoms with Gasteiger partial charge in [-0.15, -0.1) is 0 Å². The lowest BCUT2D eigenvalue weighted by Gasteiger charge is -2.36. The summed E-state index contributed by atoms with van der Waals surface area (Å²) in [7, 11) is 0. The van der Waals surface area contributed by atoms with Gasteiger partial charge in [0, 0.05) is 12.6 Å². The van der Waals surface area contributed by atoms with Gasteiger partial charge in [-0.25, -0.2) is 0 Å². The summed E-state index contributed by atoms with van der Waals surface area (Å²) in [6, 6.07) is 0.671. The van der Waals surface area contributed by atoms with Crippen LogP contribution in [0.4, 0.5) is 0 Å². The molecule has 1 atom stereocenters. The number of thioether (sulfide) groups is 1. The molecular weight excluding hydrogens is 230 g/mol. The zero-order valence-corrected chi connectivity index (χ0v) is 12.6. The van der Waals surface area contributed by atoms with Gasteiger partial charge in [-0.3, -0.25) is 0 Å². The minimum absolute atomic E-state index is 0.0776. The molecule has 1 fully saturated rings. The Balaban J connectivity index is 1.95. The molecule has 0 spiro atoms. The van der Waals surface area contributed by atoms with Crippen LogP contribution in [0.3, 0.4) is 0 Å². The highest BCUT2D eigenvalue weighted by molar-refractivity contribution is 7.98. The van der Waals surface area contributed by atoms with Crippen LogP contribution in [0.25, 0.3) is 0 Å². The quantitative estimate of drug-likeness (QED) is 0.675. The van der Waals surface area contributed by atoms with E-state index in [9.17, 15) is 0 Å². The highest BCUT2D eigenvalue weighted by atomic mass is 32.2. The Morgan fingerprint density at radius 1 is 1.24 bits per heavy atom. The topological polar surface area (TPSA) is 21.3 Å². The molecule has 0 saturated carbocycles. The van der Waals surface area contributed by atoms with E-state index in [1.165, 1.54) is 44.4 Å². The Kier molecular flexibility index (Phi) is 7.56. The van der Waals surface area contributed by atoms with Crippen LogP contribution in [-0.2, 0) is 4.74 Å². The fraction of sp³-hybridized carbons (Fsp3) is 1.00. The second kappa shape index (κ2) is 8.39. The van der Waals surface area contributed by atoms with Crippen LogP contribution >= 0.6 is 11.8 Å². The summed E-state index contributed by atoms with van der Waals surface area (Å²) in [5, 5.41) is 3.68. The van der Waals surface area contributed by atoms with Crippen LogP contribution in [0.2, 0.25) is 0 Å². The van der Waals surface area contributed by atoms with Crippen molar-refractivity contribution in [2.75, 3.05) is 25.2 Å². The number of rotatable bonds is 8. The maximum atomic E-state index is 5.72. The van der Waals surface area contributed by atoms with Crippen molar-refractivity contribution in [1.82, 2.24) is 5.32 Å². The molecule has 0 aromatic rings. The zero-order chi connectivity index (χ0) is 12.6. The lowest BCUT2D eigenvalue weighted by atomic mass is 9.94. The van der Waals surface area contributed by atoms with E-state index < -0.39 is 0 Å². The highest BCUT2D eigenvalue weighted by Crippen LogP contribution is 2.23. The third kappa shape index (κ3) is 7.32. The van der Waals surface area contributed by atoms with E-state index in [2.05, 4.69) is 25.4 Å². The Labute approximate surface area is 111 Å². The van der Waals surface area contributed by atoms with Crippen molar-refractivity contribution in [2.24, 2.45) is 0 Å². The van der Waals surface area contributed by atoms with Crippen LogP contribution < -0.4 is 5.32 Å². The number of hydrogen-bond acceptors (Lipinski definition) is 3. The standard InChI is InChI=1S/C14H29NOS/c1-14(2)12-13(8-10-16-14)15-9-6-4-5-7-11-17-3/h13,15H,4-12H2,1-3H3. The molecule has 2 nitrogen and oxygen atoms in total. The molecular formula is C14H29NOS. The van der Waals surface area contributed by atoms with Crippen molar-refractivity contribution < 1.29 is 4.74 Å². The van der Waals surface area contributed by atoms with Gasteiger partial charge < -0.3 is 10.1 Å². The lowest BCUT2D eigenvalue weighted by molar-refractivity contribution is -0.0627. The summed E-state index contributed by atoms with van der Waals surface area (Å²) in [5.74, 6) is 1.32. The summed E-state index contributed by atoms with van der Waals surface area (Å²) < 4.78 is 5.72. The van der Waals surface area contributed by atoms with Gasteiger partial charge in [0.2, 0.25) is 0 Å². The average Bonchev–Trinajstić information content (AvgIpc) is 2.27. The number of nitrogens with one attached hydrogen (secondary N) is 1. The maximum Gasteiger partial charge on any atom is 0.0641 e. The van der Waals surface area contributed by atoms with Crippen molar-refractivity contribution in [3.8, 4) is 0 Å². The van der Waals surface area contributed by atoms with Gasteiger partial charge in [0.25, 0.3) is 0 Å². The first kappa shape index (κ1) is 15.3. The van der Waals surface area contributed by atoms with E-state index >= 15 is 0 Å². The molecule has 0 aromatic carbocycles. The Morgan fingerprint density at radius 2 is 2.00 bits per heavy atom. The number of hydrogen-bond donors (Lipinski definition) is 1. The van der Waals surface area contributed by atoms with E-state index in [1.54, 1.807) is 0 Å². The molecule has 1 aliphatic heterocycles. The predicted octanol–water partition coefficient (Wildman–Crippen LogP) is 3.46. The maximum absolute atomic E-state index is 5.72. The number of unbranched alkanes of at least 4 members (excludes halogenated alkanes) is 3. The fourth-order valence-electron chi connectivity index (χ4n) is 2.44. The molecule has 1 unspecified atom stereocenters. The molecule has 1 rings (SSSR count). The van der Waals surface area contributed by atoms with E-state index in [1.807, 2.05) is 11.8 Å². The van der Waals surface area contributed by atoms with Crippen LogP contribution in [0, 0.1) is 0 Å². The van der Waals surface area contributed by atoms with Gasteiger partial charge in [-0.2, -0.15) is 11.8 Å². The molecule has 0 bridgehead atoms. The summed E-state index contributed by atoms with van der Waals surface area (Å²) in [5.41, 5.74) is 0.0776. The Bertz CT molecular complexity index is 197. The van der Waals surface area contributed by atoms with Gasteiger partial charge in [0.05, 0.1) is 5.60 Å². The van der Waals surface area contributed by atoms with Gasteiger partial charge in [0.1, 0.15) is 0 Å². The lowest BCUT2D eigenvalue weighted by Crippen LogP contribution is -2.43. The molecule has 0 radical (unpaired) electrons.